The van der Waals surface area contributed by atoms with E-state index in [4.69, 9.17) is 17.3 Å². The Hall–Kier alpha value is -1.39. The van der Waals surface area contributed by atoms with Gasteiger partial charge >= 0.3 is 0 Å². The summed E-state index contributed by atoms with van der Waals surface area (Å²) in [6, 6.07) is 7.92. The molecule has 5 heteroatoms. The van der Waals surface area contributed by atoms with Crippen LogP contribution >= 0.6 is 11.6 Å². The molecule has 0 unspecified atom stereocenters. The van der Waals surface area contributed by atoms with Crippen molar-refractivity contribution >= 4 is 11.6 Å². The van der Waals surface area contributed by atoms with Crippen molar-refractivity contribution in [1.82, 2.24) is 15.2 Å². The third kappa shape index (κ3) is 4.94. The van der Waals surface area contributed by atoms with Crippen LogP contribution in [-0.2, 0) is 19.3 Å². The normalized spacial score (nSPS) is 10.9. The third-order valence-electron chi connectivity index (χ3n) is 3.25. The summed E-state index contributed by atoms with van der Waals surface area (Å²) in [4.78, 5) is 4.52. The molecule has 20 heavy (non-hydrogen) atoms. The van der Waals surface area contributed by atoms with Crippen molar-refractivity contribution < 1.29 is 0 Å². The van der Waals surface area contributed by atoms with Gasteiger partial charge in [0.05, 0.1) is 0 Å². The molecule has 0 atom stereocenters. The summed E-state index contributed by atoms with van der Waals surface area (Å²) in [5.74, 6) is 1.86. The second-order valence-corrected chi connectivity index (χ2v) is 5.36. The van der Waals surface area contributed by atoms with Gasteiger partial charge in [-0.3, -0.25) is 5.10 Å². The lowest BCUT2D eigenvalue weighted by Gasteiger charge is -1.98. The highest BCUT2D eigenvalue weighted by Gasteiger charge is 2.04. The summed E-state index contributed by atoms with van der Waals surface area (Å²) in [6.45, 7) is 0.767. The minimum atomic E-state index is 0.767. The van der Waals surface area contributed by atoms with Crippen LogP contribution in [0.15, 0.2) is 24.3 Å². The van der Waals surface area contributed by atoms with Gasteiger partial charge in [0.1, 0.15) is 5.82 Å². The summed E-state index contributed by atoms with van der Waals surface area (Å²) in [5, 5.41) is 8.05. The predicted molar refractivity (Wildman–Crippen MR) is 81.9 cm³/mol. The highest BCUT2D eigenvalue weighted by molar-refractivity contribution is 6.30. The molecule has 0 radical (unpaired) electrons. The number of H-pyrrole nitrogens is 1. The average molecular weight is 293 g/mol. The van der Waals surface area contributed by atoms with E-state index in [1.165, 1.54) is 5.56 Å². The van der Waals surface area contributed by atoms with E-state index in [1.54, 1.807) is 0 Å². The number of aromatic nitrogens is 3. The van der Waals surface area contributed by atoms with Crippen LogP contribution in [0.25, 0.3) is 0 Å². The first-order chi connectivity index (χ1) is 9.78. The molecule has 0 aliphatic carbocycles. The van der Waals surface area contributed by atoms with E-state index in [2.05, 4.69) is 15.2 Å². The maximum absolute atomic E-state index is 5.87. The summed E-state index contributed by atoms with van der Waals surface area (Å²) < 4.78 is 0. The van der Waals surface area contributed by atoms with Crippen LogP contribution < -0.4 is 5.73 Å². The zero-order chi connectivity index (χ0) is 14.2. The first kappa shape index (κ1) is 15.0. The number of nitrogens with two attached hydrogens (primary N) is 1. The summed E-state index contributed by atoms with van der Waals surface area (Å²) in [7, 11) is 0. The zero-order valence-electron chi connectivity index (χ0n) is 11.6. The average Bonchev–Trinajstić information content (AvgIpc) is 2.91. The smallest absolute Gasteiger partial charge is 0.151 e. The Morgan fingerprint density at radius 2 is 1.80 bits per heavy atom. The summed E-state index contributed by atoms with van der Waals surface area (Å²) in [6.07, 6.45) is 6.08. The second-order valence-electron chi connectivity index (χ2n) is 4.92. The summed E-state index contributed by atoms with van der Waals surface area (Å²) in [5.41, 5.74) is 6.73. The first-order valence-corrected chi connectivity index (χ1v) is 7.50. The Morgan fingerprint density at radius 1 is 1.00 bits per heavy atom. The second kappa shape index (κ2) is 8.02. The van der Waals surface area contributed by atoms with E-state index in [1.807, 2.05) is 24.3 Å². The number of rotatable bonds is 8. The molecule has 0 amide bonds. The topological polar surface area (TPSA) is 67.6 Å². The van der Waals surface area contributed by atoms with E-state index in [-0.39, 0.29) is 0 Å². The molecule has 1 aromatic carbocycles. The van der Waals surface area contributed by atoms with Crippen LogP contribution in [0.5, 0.6) is 0 Å². The molecule has 0 fully saturated rings. The molecule has 4 nitrogen and oxygen atoms in total. The lowest BCUT2D eigenvalue weighted by atomic mass is 10.1. The van der Waals surface area contributed by atoms with Gasteiger partial charge in [-0.05, 0) is 43.5 Å². The molecule has 0 spiro atoms. The molecule has 0 aliphatic heterocycles. The Labute approximate surface area is 124 Å². The van der Waals surface area contributed by atoms with Crippen LogP contribution in [-0.4, -0.2) is 21.7 Å². The van der Waals surface area contributed by atoms with Gasteiger partial charge in [-0.15, -0.1) is 0 Å². The van der Waals surface area contributed by atoms with Crippen molar-refractivity contribution in [3.05, 3.63) is 46.5 Å². The van der Waals surface area contributed by atoms with E-state index in [0.717, 1.165) is 61.7 Å². The number of benzene rings is 1. The molecule has 1 heterocycles. The monoisotopic (exact) mass is 292 g/mol. The van der Waals surface area contributed by atoms with Crippen LogP contribution in [0, 0.1) is 0 Å². The Balaban J connectivity index is 1.76. The van der Waals surface area contributed by atoms with Gasteiger partial charge in [0.15, 0.2) is 5.82 Å². The Kier molecular flexibility index (Phi) is 6.02. The van der Waals surface area contributed by atoms with E-state index < -0.39 is 0 Å². The molecule has 2 rings (SSSR count). The molecule has 0 bridgehead atoms. The van der Waals surface area contributed by atoms with E-state index in [0.29, 0.717) is 0 Å². The van der Waals surface area contributed by atoms with Gasteiger partial charge < -0.3 is 5.73 Å². The maximum atomic E-state index is 5.87. The number of hydrogen-bond acceptors (Lipinski definition) is 3. The van der Waals surface area contributed by atoms with Crippen molar-refractivity contribution in [3.8, 4) is 0 Å². The van der Waals surface area contributed by atoms with Crippen molar-refractivity contribution in [1.29, 1.82) is 0 Å². The van der Waals surface area contributed by atoms with Crippen molar-refractivity contribution in [2.24, 2.45) is 5.73 Å². The highest BCUT2D eigenvalue weighted by atomic mass is 35.5. The molecule has 2 aromatic rings. The summed E-state index contributed by atoms with van der Waals surface area (Å²) >= 11 is 5.87. The van der Waals surface area contributed by atoms with Crippen LogP contribution in [0.3, 0.4) is 0 Å². The van der Waals surface area contributed by atoms with E-state index in [9.17, 15) is 0 Å². The Morgan fingerprint density at radius 3 is 2.55 bits per heavy atom. The largest absolute Gasteiger partial charge is 0.330 e. The fraction of sp³-hybridized carbons (Fsp3) is 0.467. The third-order valence-corrected chi connectivity index (χ3v) is 3.50. The number of unbranched alkanes of at least 4 members (excludes halogenated alkanes) is 2. The van der Waals surface area contributed by atoms with Gasteiger partial charge in [0.2, 0.25) is 0 Å². The molecule has 108 valence electrons. The zero-order valence-corrected chi connectivity index (χ0v) is 12.4. The van der Waals surface area contributed by atoms with Gasteiger partial charge in [-0.25, -0.2) is 4.98 Å². The fourth-order valence-electron chi connectivity index (χ4n) is 2.08. The minimum absolute atomic E-state index is 0.767. The number of aromatic amines is 1. The standard InChI is InChI=1S/C15H21ClN4/c16-13-8-5-12(6-9-13)7-10-15-18-14(19-20-15)4-2-1-3-11-17/h5-6,8-9H,1-4,7,10-11,17H2,(H,18,19,20). The predicted octanol–water partition coefficient (Wildman–Crippen LogP) is 2.91. The van der Waals surface area contributed by atoms with E-state index >= 15 is 0 Å². The Bertz CT molecular complexity index is 507. The van der Waals surface area contributed by atoms with Crippen molar-refractivity contribution in [2.75, 3.05) is 6.54 Å². The van der Waals surface area contributed by atoms with Crippen molar-refractivity contribution in [2.45, 2.75) is 38.5 Å². The molecule has 0 aliphatic rings. The quantitative estimate of drug-likeness (QED) is 0.735. The van der Waals surface area contributed by atoms with Gasteiger partial charge in [-0.2, -0.15) is 5.10 Å². The number of halogens is 1. The molecular weight excluding hydrogens is 272 g/mol. The first-order valence-electron chi connectivity index (χ1n) is 7.12. The molecule has 0 saturated carbocycles. The minimum Gasteiger partial charge on any atom is -0.330 e. The van der Waals surface area contributed by atoms with Crippen LogP contribution in [0.4, 0.5) is 0 Å². The SMILES string of the molecule is NCCCCCc1nc(CCc2ccc(Cl)cc2)n[nH]1. The number of aryl methyl sites for hydroxylation is 3. The van der Waals surface area contributed by atoms with Gasteiger partial charge in [0.25, 0.3) is 0 Å². The highest BCUT2D eigenvalue weighted by Crippen LogP contribution is 2.11. The van der Waals surface area contributed by atoms with Crippen LogP contribution in [0.2, 0.25) is 5.02 Å². The molecule has 1 aromatic heterocycles. The van der Waals surface area contributed by atoms with Crippen molar-refractivity contribution in [3.63, 3.8) is 0 Å². The number of hydrogen-bond donors (Lipinski definition) is 2. The van der Waals surface area contributed by atoms with Gasteiger partial charge in [0, 0.05) is 17.9 Å². The molecular formula is C15H21ClN4. The van der Waals surface area contributed by atoms with Crippen LogP contribution in [0.1, 0.15) is 36.5 Å². The fourth-order valence-corrected chi connectivity index (χ4v) is 2.21. The molecule has 3 N–H and O–H groups in total. The number of nitrogens with one attached hydrogen (secondary N) is 1. The molecule has 0 saturated heterocycles. The van der Waals surface area contributed by atoms with Gasteiger partial charge in [-0.1, -0.05) is 30.2 Å². The lowest BCUT2D eigenvalue weighted by molar-refractivity contribution is 0.670. The number of nitrogens with zero attached hydrogens (tertiary/aromatic N) is 2. The lowest BCUT2D eigenvalue weighted by Crippen LogP contribution is -1.98. The maximum Gasteiger partial charge on any atom is 0.151 e.